The molecule has 2 bridgehead atoms. The standard InChI is InChI=1S/C13H18ClNO/c14-6-13(3-4-13)15-12(16)11-9-7-1-2-8(5-7)10(9)11/h7-11H,1-6H2,(H,15,16). The van der Waals surface area contributed by atoms with Gasteiger partial charge in [0.15, 0.2) is 0 Å². The van der Waals surface area contributed by atoms with Crippen molar-refractivity contribution in [2.45, 2.75) is 37.6 Å². The Morgan fingerprint density at radius 1 is 1.25 bits per heavy atom. The summed E-state index contributed by atoms with van der Waals surface area (Å²) in [6, 6.07) is 0. The molecule has 2 nitrogen and oxygen atoms in total. The number of hydrogen-bond acceptors (Lipinski definition) is 1. The van der Waals surface area contributed by atoms with E-state index in [-0.39, 0.29) is 5.54 Å². The van der Waals surface area contributed by atoms with Crippen molar-refractivity contribution < 1.29 is 4.79 Å². The minimum atomic E-state index is -0.00538. The molecular weight excluding hydrogens is 222 g/mol. The van der Waals surface area contributed by atoms with Gasteiger partial charge in [-0.05, 0) is 55.8 Å². The van der Waals surface area contributed by atoms with Crippen molar-refractivity contribution in [2.75, 3.05) is 5.88 Å². The highest BCUT2D eigenvalue weighted by atomic mass is 35.5. The SMILES string of the molecule is O=C(NC1(CCl)CC1)C1C2C3CCC(C3)C12. The van der Waals surface area contributed by atoms with E-state index >= 15 is 0 Å². The highest BCUT2D eigenvalue weighted by molar-refractivity contribution is 6.19. The molecule has 0 radical (unpaired) electrons. The highest BCUT2D eigenvalue weighted by Crippen LogP contribution is 2.69. The molecule has 1 amide bonds. The summed E-state index contributed by atoms with van der Waals surface area (Å²) in [5, 5.41) is 3.21. The lowest BCUT2D eigenvalue weighted by atomic mass is 10.0. The maximum atomic E-state index is 12.2. The molecule has 4 aliphatic carbocycles. The zero-order valence-electron chi connectivity index (χ0n) is 9.42. The molecule has 0 aliphatic heterocycles. The number of amides is 1. The fourth-order valence-electron chi connectivity index (χ4n) is 4.46. The molecule has 0 saturated heterocycles. The molecule has 0 aromatic heterocycles. The number of alkyl halides is 1. The summed E-state index contributed by atoms with van der Waals surface area (Å²) in [4.78, 5) is 12.2. The summed E-state index contributed by atoms with van der Waals surface area (Å²) < 4.78 is 0. The van der Waals surface area contributed by atoms with E-state index in [0.29, 0.717) is 17.7 Å². The first kappa shape index (κ1) is 9.76. The predicted molar refractivity (Wildman–Crippen MR) is 62.1 cm³/mol. The van der Waals surface area contributed by atoms with Crippen LogP contribution in [0.25, 0.3) is 0 Å². The van der Waals surface area contributed by atoms with Crippen LogP contribution in [-0.4, -0.2) is 17.3 Å². The molecule has 4 rings (SSSR count). The van der Waals surface area contributed by atoms with Crippen LogP contribution < -0.4 is 5.32 Å². The van der Waals surface area contributed by atoms with Crippen LogP contribution in [-0.2, 0) is 4.79 Å². The third-order valence-corrected chi connectivity index (χ3v) is 6.05. The van der Waals surface area contributed by atoms with Gasteiger partial charge in [-0.25, -0.2) is 0 Å². The molecule has 4 unspecified atom stereocenters. The number of rotatable bonds is 3. The van der Waals surface area contributed by atoms with Gasteiger partial charge < -0.3 is 5.32 Å². The van der Waals surface area contributed by atoms with Crippen LogP contribution in [0.2, 0.25) is 0 Å². The van der Waals surface area contributed by atoms with E-state index in [1.54, 1.807) is 0 Å². The molecule has 0 heterocycles. The van der Waals surface area contributed by atoms with Crippen molar-refractivity contribution in [2.24, 2.45) is 29.6 Å². The van der Waals surface area contributed by atoms with Gasteiger partial charge in [0.25, 0.3) is 0 Å². The van der Waals surface area contributed by atoms with Crippen molar-refractivity contribution in [3.63, 3.8) is 0 Å². The quantitative estimate of drug-likeness (QED) is 0.752. The molecule has 1 N–H and O–H groups in total. The normalized spacial score (nSPS) is 49.9. The zero-order chi connectivity index (χ0) is 10.9. The predicted octanol–water partition coefficient (Wildman–Crippen LogP) is 2.17. The van der Waals surface area contributed by atoms with Crippen molar-refractivity contribution in [1.29, 1.82) is 0 Å². The van der Waals surface area contributed by atoms with E-state index in [0.717, 1.165) is 36.5 Å². The molecule has 4 aliphatic rings. The van der Waals surface area contributed by atoms with Gasteiger partial charge in [0.2, 0.25) is 5.91 Å². The molecule has 16 heavy (non-hydrogen) atoms. The van der Waals surface area contributed by atoms with Gasteiger partial charge in [-0.2, -0.15) is 0 Å². The van der Waals surface area contributed by atoms with E-state index in [9.17, 15) is 4.79 Å². The van der Waals surface area contributed by atoms with E-state index in [1.165, 1.54) is 19.3 Å². The van der Waals surface area contributed by atoms with Crippen molar-refractivity contribution in [3.8, 4) is 0 Å². The second kappa shape index (κ2) is 2.95. The Balaban J connectivity index is 1.44. The second-order valence-corrected chi connectivity index (χ2v) is 6.68. The van der Waals surface area contributed by atoms with Gasteiger partial charge in [0, 0.05) is 11.8 Å². The van der Waals surface area contributed by atoms with Crippen molar-refractivity contribution in [1.82, 2.24) is 5.32 Å². The molecule has 0 spiro atoms. The Kier molecular flexibility index (Phi) is 1.80. The summed E-state index contributed by atoms with van der Waals surface area (Å²) in [5.41, 5.74) is -0.00538. The Hall–Kier alpha value is -0.240. The highest BCUT2D eigenvalue weighted by Gasteiger charge is 2.68. The van der Waals surface area contributed by atoms with Crippen LogP contribution >= 0.6 is 11.6 Å². The molecule has 4 atom stereocenters. The zero-order valence-corrected chi connectivity index (χ0v) is 10.2. The Bertz CT molecular complexity index is 336. The van der Waals surface area contributed by atoms with Crippen molar-refractivity contribution in [3.05, 3.63) is 0 Å². The maximum Gasteiger partial charge on any atom is 0.224 e. The summed E-state index contributed by atoms with van der Waals surface area (Å²) >= 11 is 5.90. The van der Waals surface area contributed by atoms with Crippen LogP contribution in [0.4, 0.5) is 0 Å². The van der Waals surface area contributed by atoms with Crippen LogP contribution in [0, 0.1) is 29.6 Å². The Morgan fingerprint density at radius 3 is 2.38 bits per heavy atom. The first-order valence-electron chi connectivity index (χ1n) is 6.62. The molecule has 88 valence electrons. The number of fused-ring (bicyclic) bond motifs is 5. The minimum Gasteiger partial charge on any atom is -0.349 e. The van der Waals surface area contributed by atoms with Gasteiger partial charge in [-0.15, -0.1) is 11.6 Å². The van der Waals surface area contributed by atoms with E-state index in [1.807, 2.05) is 0 Å². The fourth-order valence-corrected chi connectivity index (χ4v) is 4.80. The maximum absolute atomic E-state index is 12.2. The third kappa shape index (κ3) is 1.17. The third-order valence-electron chi connectivity index (χ3n) is 5.54. The molecular formula is C13H18ClNO. The number of nitrogens with one attached hydrogen (secondary N) is 1. The van der Waals surface area contributed by atoms with Crippen molar-refractivity contribution >= 4 is 17.5 Å². The summed E-state index contributed by atoms with van der Waals surface area (Å²) in [6.07, 6.45) is 6.35. The van der Waals surface area contributed by atoms with Crippen LogP contribution in [0.5, 0.6) is 0 Å². The first-order chi connectivity index (χ1) is 7.74. The topological polar surface area (TPSA) is 29.1 Å². The van der Waals surface area contributed by atoms with E-state index in [4.69, 9.17) is 11.6 Å². The van der Waals surface area contributed by atoms with Crippen LogP contribution in [0.15, 0.2) is 0 Å². The lowest BCUT2D eigenvalue weighted by Gasteiger charge is -2.15. The average molecular weight is 240 g/mol. The van der Waals surface area contributed by atoms with Gasteiger partial charge >= 0.3 is 0 Å². The second-order valence-electron chi connectivity index (χ2n) is 6.42. The first-order valence-corrected chi connectivity index (χ1v) is 7.15. The smallest absolute Gasteiger partial charge is 0.224 e. The van der Waals surface area contributed by atoms with Crippen LogP contribution in [0.1, 0.15) is 32.1 Å². The number of carbonyl (C=O) groups excluding carboxylic acids is 1. The molecule has 3 heteroatoms. The largest absolute Gasteiger partial charge is 0.349 e. The van der Waals surface area contributed by atoms with Crippen LogP contribution in [0.3, 0.4) is 0 Å². The number of hydrogen-bond donors (Lipinski definition) is 1. The summed E-state index contributed by atoms with van der Waals surface area (Å²) in [5.74, 6) is 4.56. The summed E-state index contributed by atoms with van der Waals surface area (Å²) in [7, 11) is 0. The number of halogens is 1. The van der Waals surface area contributed by atoms with Gasteiger partial charge in [0.05, 0.1) is 5.54 Å². The van der Waals surface area contributed by atoms with E-state index in [2.05, 4.69) is 5.32 Å². The Labute approximate surface area is 101 Å². The van der Waals surface area contributed by atoms with Gasteiger partial charge in [-0.1, -0.05) is 0 Å². The summed E-state index contributed by atoms with van der Waals surface area (Å²) in [6.45, 7) is 0. The molecule has 4 saturated carbocycles. The van der Waals surface area contributed by atoms with Gasteiger partial charge in [-0.3, -0.25) is 4.79 Å². The number of carbonyl (C=O) groups is 1. The minimum absolute atomic E-state index is 0.00538. The average Bonchev–Trinajstić information content (AvgIpc) is 3.16. The monoisotopic (exact) mass is 239 g/mol. The fraction of sp³-hybridized carbons (Fsp3) is 0.923. The molecule has 4 fully saturated rings. The van der Waals surface area contributed by atoms with Gasteiger partial charge in [0.1, 0.15) is 0 Å². The lowest BCUT2D eigenvalue weighted by molar-refractivity contribution is -0.124. The van der Waals surface area contributed by atoms with E-state index < -0.39 is 0 Å². The molecule has 0 aromatic rings. The Morgan fingerprint density at radius 2 is 1.88 bits per heavy atom. The lowest BCUT2D eigenvalue weighted by Crippen LogP contribution is -2.40. The molecule has 0 aromatic carbocycles.